The van der Waals surface area contributed by atoms with E-state index in [2.05, 4.69) is 38.1 Å². The number of nitriles is 1. The van der Waals surface area contributed by atoms with Crippen molar-refractivity contribution in [2.45, 2.75) is 19.3 Å². The lowest BCUT2D eigenvalue weighted by Crippen LogP contribution is -2.52. The Bertz CT molecular complexity index is 1660. The van der Waals surface area contributed by atoms with Crippen LogP contribution in [0.25, 0.3) is 0 Å². The number of fused-ring (bicyclic) bond motifs is 6. The van der Waals surface area contributed by atoms with Crippen molar-refractivity contribution in [2.75, 3.05) is 48.7 Å². The van der Waals surface area contributed by atoms with Gasteiger partial charge in [0.2, 0.25) is 5.95 Å². The summed E-state index contributed by atoms with van der Waals surface area (Å²) in [6.07, 6.45) is 10.3. The van der Waals surface area contributed by atoms with Gasteiger partial charge < -0.3 is 30.5 Å². The van der Waals surface area contributed by atoms with Gasteiger partial charge in [-0.1, -0.05) is 23.8 Å². The number of benzene rings is 2. The molecule has 1 aliphatic carbocycles. The minimum atomic E-state index is -0.238. The van der Waals surface area contributed by atoms with Crippen LogP contribution in [0.1, 0.15) is 24.0 Å². The van der Waals surface area contributed by atoms with E-state index in [1.54, 1.807) is 40.3 Å². The maximum absolute atomic E-state index is 13.1. The van der Waals surface area contributed by atoms with E-state index in [1.807, 2.05) is 30.4 Å². The van der Waals surface area contributed by atoms with E-state index < -0.39 is 0 Å². The molecule has 3 aromatic rings. The van der Waals surface area contributed by atoms with Gasteiger partial charge in [-0.15, -0.1) is 0 Å². The normalized spacial score (nSPS) is 17.4. The minimum absolute atomic E-state index is 0.0988. The SMILES string of the molecule is N#Cc1ccc(NC(=O)N2CCN(C(=O)COc3ccc4cc3CCC3C=CC=C(C3)Nc3ncc(Cl)c(n3)N4)CC2)cc1. The quantitative estimate of drug-likeness (QED) is 0.361. The van der Waals surface area contributed by atoms with Crippen LogP contribution >= 0.6 is 11.6 Å². The van der Waals surface area contributed by atoms with Gasteiger partial charge in [0.1, 0.15) is 10.8 Å². The number of urea groups is 1. The third-order valence-electron chi connectivity index (χ3n) is 7.82. The number of allylic oxidation sites excluding steroid dienone is 4. The maximum Gasteiger partial charge on any atom is 0.321 e. The Morgan fingerprint density at radius 2 is 1.89 bits per heavy atom. The molecule has 0 radical (unpaired) electrons. The van der Waals surface area contributed by atoms with Gasteiger partial charge in [0.05, 0.1) is 17.8 Å². The lowest BCUT2D eigenvalue weighted by molar-refractivity contribution is -0.134. The summed E-state index contributed by atoms with van der Waals surface area (Å²) >= 11 is 6.39. The molecule has 3 N–H and O–H groups in total. The number of piperazine rings is 1. The summed E-state index contributed by atoms with van der Waals surface area (Å²) < 4.78 is 6.10. The van der Waals surface area contributed by atoms with Crippen LogP contribution in [0.3, 0.4) is 0 Å². The monoisotopic (exact) mass is 610 g/mol. The summed E-state index contributed by atoms with van der Waals surface area (Å²) in [5.41, 5.74) is 3.96. The standard InChI is InChI=1S/C32H31ClN8O3/c33-27-19-35-31-37-25-3-1-2-21(16-25)4-7-23-17-26(36-30(27)39-31)10-11-28(23)44-20-29(42)40-12-14-41(15-13-40)32(43)38-24-8-5-22(18-34)6-9-24/h1-3,5-6,8-11,17,19,21H,4,7,12-16,20H2,(H,38,43)(H2,35,36,37,39). The molecule has 0 saturated carbocycles. The van der Waals surface area contributed by atoms with Crippen molar-refractivity contribution in [1.82, 2.24) is 19.8 Å². The van der Waals surface area contributed by atoms with Crippen LogP contribution in [0.15, 0.2) is 72.6 Å². The molecule has 0 spiro atoms. The Hall–Kier alpha value is -5.08. The second kappa shape index (κ2) is 13.1. The number of carbonyl (C=O) groups excluding carboxylic acids is 2. The van der Waals surface area contributed by atoms with Gasteiger partial charge in [0, 0.05) is 43.3 Å². The molecule has 1 saturated heterocycles. The van der Waals surface area contributed by atoms with Gasteiger partial charge in [-0.05, 0) is 79.3 Å². The van der Waals surface area contributed by atoms with E-state index in [1.165, 1.54) is 0 Å². The zero-order valence-corrected chi connectivity index (χ0v) is 24.7. The number of aryl methyl sites for hydroxylation is 1. The maximum atomic E-state index is 13.1. The molecule has 3 heterocycles. The highest BCUT2D eigenvalue weighted by Crippen LogP contribution is 2.32. The van der Waals surface area contributed by atoms with Crippen molar-refractivity contribution in [3.8, 4) is 11.8 Å². The van der Waals surface area contributed by atoms with Crippen LogP contribution in [-0.4, -0.2) is 64.5 Å². The summed E-state index contributed by atoms with van der Waals surface area (Å²) in [6, 6.07) is 14.3. The molecule has 224 valence electrons. The highest BCUT2D eigenvalue weighted by Gasteiger charge is 2.25. The molecule has 1 atom stereocenters. The summed E-state index contributed by atoms with van der Waals surface area (Å²) in [5, 5.41) is 18.8. The van der Waals surface area contributed by atoms with Crippen molar-refractivity contribution in [2.24, 2.45) is 5.92 Å². The largest absolute Gasteiger partial charge is 0.483 e. The van der Waals surface area contributed by atoms with Gasteiger partial charge in [-0.2, -0.15) is 10.2 Å². The number of nitrogens with one attached hydrogen (secondary N) is 3. The van der Waals surface area contributed by atoms with Crippen LogP contribution < -0.4 is 20.7 Å². The molecular weight excluding hydrogens is 580 g/mol. The topological polar surface area (TPSA) is 136 Å². The van der Waals surface area contributed by atoms with E-state index in [4.69, 9.17) is 21.6 Å². The van der Waals surface area contributed by atoms with Crippen LogP contribution in [0, 0.1) is 17.2 Å². The first kappa shape index (κ1) is 29.0. The first-order valence-electron chi connectivity index (χ1n) is 14.5. The number of aromatic nitrogens is 2. The second-order valence-electron chi connectivity index (χ2n) is 10.8. The molecule has 2 aromatic carbocycles. The Labute approximate surface area is 260 Å². The molecule has 1 unspecified atom stereocenters. The second-order valence-corrected chi connectivity index (χ2v) is 11.2. The number of hydrogen-bond donors (Lipinski definition) is 3. The first-order valence-corrected chi connectivity index (χ1v) is 14.8. The van der Waals surface area contributed by atoms with E-state index in [-0.39, 0.29) is 18.5 Å². The molecule has 11 nitrogen and oxygen atoms in total. The molecule has 6 bridgehead atoms. The fourth-order valence-electron chi connectivity index (χ4n) is 5.39. The number of amides is 3. The molecule has 6 rings (SSSR count). The molecule has 1 aromatic heterocycles. The Kier molecular flexibility index (Phi) is 8.61. The van der Waals surface area contributed by atoms with Crippen molar-refractivity contribution in [3.05, 3.63) is 88.7 Å². The fraction of sp³-hybridized carbons (Fsp3) is 0.281. The summed E-state index contributed by atoms with van der Waals surface area (Å²) in [7, 11) is 0. The molecule has 3 amide bonds. The van der Waals surface area contributed by atoms with Gasteiger partial charge >= 0.3 is 6.03 Å². The van der Waals surface area contributed by atoms with E-state index in [0.29, 0.717) is 65.9 Å². The van der Waals surface area contributed by atoms with Crippen LogP contribution in [0.4, 0.5) is 27.9 Å². The van der Waals surface area contributed by atoms with Crippen LogP contribution in [-0.2, 0) is 11.2 Å². The smallest absolute Gasteiger partial charge is 0.321 e. The van der Waals surface area contributed by atoms with Gasteiger partial charge in [0.15, 0.2) is 12.4 Å². The Morgan fingerprint density at radius 3 is 2.68 bits per heavy atom. The van der Waals surface area contributed by atoms with Crippen molar-refractivity contribution >= 4 is 46.7 Å². The van der Waals surface area contributed by atoms with Crippen LogP contribution in [0.2, 0.25) is 5.02 Å². The number of anilines is 4. The average Bonchev–Trinajstić information content (AvgIpc) is 3.05. The van der Waals surface area contributed by atoms with Gasteiger partial charge in [-0.3, -0.25) is 4.79 Å². The van der Waals surface area contributed by atoms with Crippen LogP contribution in [0.5, 0.6) is 5.75 Å². The van der Waals surface area contributed by atoms with Crippen molar-refractivity contribution in [3.63, 3.8) is 0 Å². The third-order valence-corrected chi connectivity index (χ3v) is 8.10. The van der Waals surface area contributed by atoms with Gasteiger partial charge in [-0.25, -0.2) is 9.78 Å². The lowest BCUT2D eigenvalue weighted by Gasteiger charge is -2.34. The van der Waals surface area contributed by atoms with E-state index >= 15 is 0 Å². The average molecular weight is 611 g/mol. The number of nitrogens with zero attached hydrogens (tertiary/aromatic N) is 5. The summed E-state index contributed by atoms with van der Waals surface area (Å²) in [6.45, 7) is 1.55. The zero-order valence-electron chi connectivity index (χ0n) is 23.9. The molecular formula is C32H31ClN8O3. The molecule has 2 aliphatic heterocycles. The fourth-order valence-corrected chi connectivity index (χ4v) is 5.53. The van der Waals surface area contributed by atoms with Crippen molar-refractivity contribution < 1.29 is 14.3 Å². The molecule has 3 aliphatic rings. The number of ether oxygens (including phenoxy) is 1. The highest BCUT2D eigenvalue weighted by molar-refractivity contribution is 6.32. The Morgan fingerprint density at radius 1 is 1.09 bits per heavy atom. The zero-order chi connectivity index (χ0) is 30.5. The van der Waals surface area contributed by atoms with E-state index in [0.717, 1.165) is 36.2 Å². The lowest BCUT2D eigenvalue weighted by atomic mass is 9.91. The first-order chi connectivity index (χ1) is 21.4. The minimum Gasteiger partial charge on any atom is -0.483 e. The molecule has 12 heteroatoms. The van der Waals surface area contributed by atoms with Crippen molar-refractivity contribution in [1.29, 1.82) is 5.26 Å². The summed E-state index contributed by atoms with van der Waals surface area (Å²) in [5.74, 6) is 1.82. The summed E-state index contributed by atoms with van der Waals surface area (Å²) in [4.78, 5) is 38.1. The number of rotatable bonds is 4. The van der Waals surface area contributed by atoms with Gasteiger partial charge in [0.25, 0.3) is 5.91 Å². The predicted octanol–water partition coefficient (Wildman–Crippen LogP) is 5.32. The van der Waals surface area contributed by atoms with E-state index in [9.17, 15) is 9.59 Å². The number of halogens is 1. The predicted molar refractivity (Wildman–Crippen MR) is 168 cm³/mol. The third kappa shape index (κ3) is 6.93. The highest BCUT2D eigenvalue weighted by atomic mass is 35.5. The number of hydrogen-bond acceptors (Lipinski definition) is 8. The Balaban J connectivity index is 1.08. The number of carbonyl (C=O) groups is 2. The molecule has 1 fully saturated rings. The molecule has 44 heavy (non-hydrogen) atoms.